The Morgan fingerprint density at radius 1 is 1.19 bits per heavy atom. The van der Waals surface area contributed by atoms with Crippen LogP contribution in [0.3, 0.4) is 0 Å². The van der Waals surface area contributed by atoms with Crippen molar-refractivity contribution in [1.82, 2.24) is 14.5 Å². The summed E-state index contributed by atoms with van der Waals surface area (Å²) in [5, 5.41) is 0.539. The smallest absolute Gasteiger partial charge is 0.179 e. The highest BCUT2D eigenvalue weighted by molar-refractivity contribution is 7.91. The van der Waals surface area contributed by atoms with E-state index in [1.807, 2.05) is 6.20 Å². The molecular formula is C14H16ClN3O2S. The first-order valence-electron chi connectivity index (χ1n) is 6.75. The molecule has 1 aromatic carbocycles. The van der Waals surface area contributed by atoms with Gasteiger partial charge in [-0.05, 0) is 24.3 Å². The number of sulfone groups is 1. The van der Waals surface area contributed by atoms with E-state index in [2.05, 4.69) is 14.5 Å². The Hall–Kier alpha value is -1.37. The Kier molecular flexibility index (Phi) is 4.01. The van der Waals surface area contributed by atoms with Crippen LogP contribution in [0.4, 0.5) is 0 Å². The van der Waals surface area contributed by atoms with E-state index in [9.17, 15) is 8.42 Å². The Balaban J connectivity index is 1.64. The lowest BCUT2D eigenvalue weighted by atomic mass is 10.3. The lowest BCUT2D eigenvalue weighted by Crippen LogP contribution is -2.36. The van der Waals surface area contributed by atoms with Crippen LogP contribution < -0.4 is 0 Å². The molecule has 5 nitrogen and oxygen atoms in total. The third kappa shape index (κ3) is 3.28. The molecule has 0 spiro atoms. The number of imidazole rings is 1. The van der Waals surface area contributed by atoms with Crippen molar-refractivity contribution in [2.24, 2.45) is 0 Å². The average Bonchev–Trinajstić information content (AvgIpc) is 2.93. The fraction of sp³-hybridized carbons (Fsp3) is 0.357. The molecule has 1 aromatic heterocycles. The molecule has 7 heteroatoms. The van der Waals surface area contributed by atoms with Crippen molar-refractivity contribution in [2.45, 2.75) is 18.0 Å². The van der Waals surface area contributed by atoms with E-state index in [0.717, 1.165) is 18.9 Å². The molecule has 112 valence electrons. The van der Waals surface area contributed by atoms with Gasteiger partial charge in [-0.1, -0.05) is 11.6 Å². The zero-order valence-corrected chi connectivity index (χ0v) is 13.0. The van der Waals surface area contributed by atoms with E-state index in [-0.39, 0.29) is 5.75 Å². The summed E-state index contributed by atoms with van der Waals surface area (Å²) in [7, 11) is -3.27. The monoisotopic (exact) mass is 325 g/mol. The summed E-state index contributed by atoms with van der Waals surface area (Å²) in [5.74, 6) is 1.10. The number of hydrogen-bond acceptors (Lipinski definition) is 4. The normalized spacial score (nSPS) is 15.9. The van der Waals surface area contributed by atoms with Gasteiger partial charge in [-0.2, -0.15) is 0 Å². The van der Waals surface area contributed by atoms with Gasteiger partial charge in [-0.3, -0.25) is 4.90 Å². The van der Waals surface area contributed by atoms with Crippen molar-refractivity contribution in [3.8, 4) is 0 Å². The van der Waals surface area contributed by atoms with E-state index < -0.39 is 9.84 Å². The van der Waals surface area contributed by atoms with Crippen molar-refractivity contribution in [2.75, 3.05) is 18.8 Å². The van der Waals surface area contributed by atoms with Crippen LogP contribution in [0, 0.1) is 0 Å². The maximum atomic E-state index is 12.3. The Morgan fingerprint density at radius 3 is 2.71 bits per heavy atom. The lowest BCUT2D eigenvalue weighted by Gasteiger charge is -2.27. The van der Waals surface area contributed by atoms with Crippen LogP contribution in [-0.2, 0) is 22.9 Å². The summed E-state index contributed by atoms with van der Waals surface area (Å²) in [6.07, 6.45) is 3.74. The van der Waals surface area contributed by atoms with Crippen molar-refractivity contribution < 1.29 is 8.42 Å². The first kappa shape index (κ1) is 14.6. The zero-order chi connectivity index (χ0) is 14.9. The molecule has 1 aliphatic heterocycles. The molecule has 0 radical (unpaired) electrons. The van der Waals surface area contributed by atoms with Crippen molar-refractivity contribution in [3.05, 3.63) is 47.5 Å². The Bertz CT molecular complexity index is 725. The molecule has 0 unspecified atom stereocenters. The summed E-state index contributed by atoms with van der Waals surface area (Å²) in [4.78, 5) is 6.72. The fourth-order valence-corrected chi connectivity index (χ4v) is 3.83. The Labute approximate surface area is 129 Å². The molecule has 0 atom stereocenters. The fourth-order valence-electron chi connectivity index (χ4n) is 2.42. The summed E-state index contributed by atoms with van der Waals surface area (Å²) in [6, 6.07) is 6.32. The quantitative estimate of drug-likeness (QED) is 0.860. The average molecular weight is 326 g/mol. The van der Waals surface area contributed by atoms with Gasteiger partial charge in [-0.15, -0.1) is 0 Å². The molecule has 0 bridgehead atoms. The first-order valence-corrected chi connectivity index (χ1v) is 8.78. The topological polar surface area (TPSA) is 55.2 Å². The zero-order valence-electron chi connectivity index (χ0n) is 11.4. The van der Waals surface area contributed by atoms with Crippen molar-refractivity contribution >= 4 is 21.4 Å². The predicted octanol–water partition coefficient (Wildman–Crippen LogP) is 1.83. The van der Waals surface area contributed by atoms with Crippen molar-refractivity contribution in [3.63, 3.8) is 0 Å². The van der Waals surface area contributed by atoms with Crippen LogP contribution in [0.5, 0.6) is 0 Å². The molecule has 0 saturated heterocycles. The second-order valence-electron chi connectivity index (χ2n) is 5.09. The van der Waals surface area contributed by atoms with Crippen molar-refractivity contribution in [1.29, 1.82) is 0 Å². The number of rotatable bonds is 4. The maximum Gasteiger partial charge on any atom is 0.179 e. The van der Waals surface area contributed by atoms with Gasteiger partial charge in [0.25, 0.3) is 0 Å². The number of halogens is 1. The van der Waals surface area contributed by atoms with E-state index in [1.165, 1.54) is 0 Å². The van der Waals surface area contributed by atoms with Crippen LogP contribution in [-0.4, -0.2) is 41.7 Å². The minimum atomic E-state index is -3.27. The van der Waals surface area contributed by atoms with E-state index in [1.54, 1.807) is 30.5 Å². The minimum Gasteiger partial charge on any atom is -0.333 e. The molecule has 21 heavy (non-hydrogen) atoms. The molecule has 1 aliphatic rings. The van der Waals surface area contributed by atoms with Gasteiger partial charge in [0.2, 0.25) is 0 Å². The second kappa shape index (κ2) is 5.79. The summed E-state index contributed by atoms with van der Waals surface area (Å²) < 4.78 is 26.7. The molecule has 2 aromatic rings. The number of benzene rings is 1. The third-order valence-corrected chi connectivity index (χ3v) is 5.64. The molecule has 0 amide bonds. The van der Waals surface area contributed by atoms with Crippen LogP contribution >= 0.6 is 11.6 Å². The summed E-state index contributed by atoms with van der Waals surface area (Å²) in [5.41, 5.74) is 0. The maximum absolute atomic E-state index is 12.3. The van der Waals surface area contributed by atoms with Crippen LogP contribution in [0.1, 0.15) is 5.82 Å². The molecular weight excluding hydrogens is 310 g/mol. The van der Waals surface area contributed by atoms with Gasteiger partial charge < -0.3 is 4.57 Å². The van der Waals surface area contributed by atoms with Gasteiger partial charge in [0.05, 0.1) is 17.2 Å². The number of fused-ring (bicyclic) bond motifs is 1. The molecule has 0 N–H and O–H groups in total. The summed E-state index contributed by atoms with van der Waals surface area (Å²) >= 11 is 5.79. The van der Waals surface area contributed by atoms with Gasteiger partial charge in [0.1, 0.15) is 5.82 Å². The van der Waals surface area contributed by atoms with E-state index in [4.69, 9.17) is 11.6 Å². The third-order valence-electron chi connectivity index (χ3n) is 3.67. The molecule has 2 heterocycles. The highest BCUT2D eigenvalue weighted by Gasteiger charge is 2.20. The second-order valence-corrected chi connectivity index (χ2v) is 7.63. The summed E-state index contributed by atoms with van der Waals surface area (Å²) in [6.45, 7) is 2.91. The standard InChI is InChI=1S/C14H16ClN3O2S/c15-12-1-3-13(4-2-12)21(19,20)10-9-17-7-8-18-6-5-16-14(18)11-17/h1-6H,7-11H2. The number of hydrogen-bond donors (Lipinski definition) is 0. The first-order chi connectivity index (χ1) is 10.0. The number of aromatic nitrogens is 2. The predicted molar refractivity (Wildman–Crippen MR) is 81.0 cm³/mol. The van der Waals surface area contributed by atoms with Crippen LogP contribution in [0.25, 0.3) is 0 Å². The van der Waals surface area contributed by atoms with Gasteiger partial charge in [0, 0.05) is 37.1 Å². The van der Waals surface area contributed by atoms with Gasteiger partial charge in [0.15, 0.2) is 9.84 Å². The molecule has 0 fully saturated rings. The minimum absolute atomic E-state index is 0.106. The molecule has 0 saturated carbocycles. The highest BCUT2D eigenvalue weighted by Crippen LogP contribution is 2.16. The van der Waals surface area contributed by atoms with Gasteiger partial charge in [-0.25, -0.2) is 13.4 Å². The van der Waals surface area contributed by atoms with Gasteiger partial charge >= 0.3 is 0 Å². The molecule has 0 aliphatic carbocycles. The van der Waals surface area contributed by atoms with E-state index in [0.29, 0.717) is 23.0 Å². The van der Waals surface area contributed by atoms with Crippen LogP contribution in [0.2, 0.25) is 5.02 Å². The molecule has 3 rings (SSSR count). The largest absolute Gasteiger partial charge is 0.333 e. The highest BCUT2D eigenvalue weighted by atomic mass is 35.5. The lowest BCUT2D eigenvalue weighted by molar-refractivity contribution is 0.229. The Morgan fingerprint density at radius 2 is 1.95 bits per heavy atom. The van der Waals surface area contributed by atoms with E-state index >= 15 is 0 Å². The SMILES string of the molecule is O=S(=O)(CCN1CCn2ccnc2C1)c1ccc(Cl)cc1. The number of nitrogens with zero attached hydrogens (tertiary/aromatic N) is 3. The van der Waals surface area contributed by atoms with Crippen LogP contribution in [0.15, 0.2) is 41.6 Å².